The van der Waals surface area contributed by atoms with Crippen LogP contribution in [-0.2, 0) is 6.54 Å². The quantitative estimate of drug-likeness (QED) is 0.749. The third-order valence-corrected chi connectivity index (χ3v) is 3.92. The summed E-state index contributed by atoms with van der Waals surface area (Å²) in [5.74, 6) is 1.10. The molecule has 1 aromatic heterocycles. The van der Waals surface area contributed by atoms with E-state index in [0.29, 0.717) is 28.1 Å². The number of hydrogen-bond donors (Lipinski definition) is 2. The minimum Gasteiger partial charge on any atom is -0.497 e. The highest BCUT2D eigenvalue weighted by Crippen LogP contribution is 2.18. The normalized spacial score (nSPS) is 10.5. The van der Waals surface area contributed by atoms with Crippen LogP contribution in [0.5, 0.6) is 11.5 Å². The number of hydrogen-bond acceptors (Lipinski definition) is 4. The smallest absolute Gasteiger partial charge is 0.253 e. The van der Waals surface area contributed by atoms with Crippen LogP contribution < -0.4 is 20.3 Å². The lowest BCUT2D eigenvalue weighted by Crippen LogP contribution is -2.26. The van der Waals surface area contributed by atoms with Gasteiger partial charge in [-0.05, 0) is 47.9 Å². The lowest BCUT2D eigenvalue weighted by atomic mass is 10.1. The summed E-state index contributed by atoms with van der Waals surface area (Å²) in [4.78, 5) is 27.2. The number of ether oxygens (including phenoxy) is 2. The first kappa shape index (κ1) is 16.6. The molecule has 0 radical (unpaired) electrons. The maximum absolute atomic E-state index is 12.2. The van der Waals surface area contributed by atoms with Gasteiger partial charge >= 0.3 is 0 Å². The van der Waals surface area contributed by atoms with Crippen molar-refractivity contribution in [2.75, 3.05) is 14.2 Å². The molecule has 6 nitrogen and oxygen atoms in total. The Labute approximate surface area is 144 Å². The standard InChI is InChI=1S/C19H18N2O4/c1-24-15-6-3-12(4-7-15)18(22)20-11-14-9-13-5-8-16(25-2)10-17(13)21-19(14)23/h3-10H,11H2,1-2H3,(H,20,22)(H,21,23). The predicted octanol–water partition coefficient (Wildman–Crippen LogP) is 2.48. The number of aromatic nitrogens is 1. The lowest BCUT2D eigenvalue weighted by molar-refractivity contribution is 0.0951. The Balaban J connectivity index is 1.76. The summed E-state index contributed by atoms with van der Waals surface area (Å²) in [6.45, 7) is 0.141. The van der Waals surface area contributed by atoms with Gasteiger partial charge in [-0.2, -0.15) is 0 Å². The Morgan fingerprint density at radius 1 is 1.00 bits per heavy atom. The summed E-state index contributed by atoms with van der Waals surface area (Å²) in [6, 6.07) is 14.0. The largest absolute Gasteiger partial charge is 0.497 e. The minimum atomic E-state index is -0.253. The van der Waals surface area contributed by atoms with Crippen LogP contribution in [0.2, 0.25) is 0 Å². The molecule has 128 valence electrons. The number of carbonyl (C=O) groups excluding carboxylic acids is 1. The van der Waals surface area contributed by atoms with Crippen molar-refractivity contribution in [3.8, 4) is 11.5 Å². The molecule has 0 atom stereocenters. The van der Waals surface area contributed by atoms with Crippen molar-refractivity contribution in [3.63, 3.8) is 0 Å². The third-order valence-electron chi connectivity index (χ3n) is 3.92. The van der Waals surface area contributed by atoms with Crippen LogP contribution in [0.1, 0.15) is 15.9 Å². The highest BCUT2D eigenvalue weighted by Gasteiger charge is 2.08. The van der Waals surface area contributed by atoms with E-state index >= 15 is 0 Å². The van der Waals surface area contributed by atoms with Crippen molar-refractivity contribution in [1.29, 1.82) is 0 Å². The van der Waals surface area contributed by atoms with Gasteiger partial charge in [0.15, 0.2) is 0 Å². The first-order chi connectivity index (χ1) is 12.1. The number of carbonyl (C=O) groups is 1. The van der Waals surface area contributed by atoms with E-state index in [0.717, 1.165) is 5.39 Å². The molecule has 0 spiro atoms. The summed E-state index contributed by atoms with van der Waals surface area (Å²) >= 11 is 0. The Hall–Kier alpha value is -3.28. The Morgan fingerprint density at radius 2 is 1.68 bits per heavy atom. The van der Waals surface area contributed by atoms with Crippen molar-refractivity contribution in [3.05, 3.63) is 70.0 Å². The van der Waals surface area contributed by atoms with E-state index in [2.05, 4.69) is 10.3 Å². The van der Waals surface area contributed by atoms with Crippen LogP contribution in [0.25, 0.3) is 10.9 Å². The zero-order chi connectivity index (χ0) is 17.8. The summed E-state index contributed by atoms with van der Waals surface area (Å²) in [6.07, 6.45) is 0. The van der Waals surface area contributed by atoms with Crippen molar-refractivity contribution in [1.82, 2.24) is 10.3 Å². The van der Waals surface area contributed by atoms with E-state index in [4.69, 9.17) is 9.47 Å². The molecule has 6 heteroatoms. The van der Waals surface area contributed by atoms with Crippen molar-refractivity contribution >= 4 is 16.8 Å². The van der Waals surface area contributed by atoms with Gasteiger partial charge in [0, 0.05) is 23.7 Å². The second-order valence-corrected chi connectivity index (χ2v) is 5.49. The Morgan fingerprint density at radius 3 is 2.36 bits per heavy atom. The number of fused-ring (bicyclic) bond motifs is 1. The number of rotatable bonds is 5. The molecule has 0 bridgehead atoms. The van der Waals surface area contributed by atoms with Gasteiger partial charge in [0.2, 0.25) is 0 Å². The molecule has 25 heavy (non-hydrogen) atoms. The topological polar surface area (TPSA) is 80.4 Å². The number of benzene rings is 2. The van der Waals surface area contributed by atoms with E-state index in [1.807, 2.05) is 12.1 Å². The highest BCUT2D eigenvalue weighted by molar-refractivity contribution is 5.94. The minimum absolute atomic E-state index is 0.141. The van der Waals surface area contributed by atoms with Gasteiger partial charge in [-0.3, -0.25) is 9.59 Å². The van der Waals surface area contributed by atoms with Crippen LogP contribution >= 0.6 is 0 Å². The van der Waals surface area contributed by atoms with E-state index in [1.54, 1.807) is 50.6 Å². The highest BCUT2D eigenvalue weighted by atomic mass is 16.5. The van der Waals surface area contributed by atoms with Crippen LogP contribution in [0.15, 0.2) is 53.3 Å². The van der Waals surface area contributed by atoms with Gasteiger partial charge < -0.3 is 19.8 Å². The first-order valence-corrected chi connectivity index (χ1v) is 7.73. The molecule has 3 rings (SSSR count). The van der Waals surface area contributed by atoms with Crippen molar-refractivity contribution in [2.45, 2.75) is 6.54 Å². The zero-order valence-electron chi connectivity index (χ0n) is 14.0. The SMILES string of the molecule is COc1ccc(C(=O)NCc2cc3ccc(OC)cc3[nH]c2=O)cc1. The Bertz CT molecular complexity index is 961. The fourth-order valence-corrected chi connectivity index (χ4v) is 2.50. The molecule has 2 aromatic carbocycles. The van der Waals surface area contributed by atoms with Gasteiger partial charge in [0.1, 0.15) is 11.5 Å². The Kier molecular flexibility index (Phi) is 4.70. The van der Waals surface area contributed by atoms with Crippen LogP contribution in [0.4, 0.5) is 0 Å². The summed E-state index contributed by atoms with van der Waals surface area (Å²) in [5.41, 5.74) is 1.44. The summed E-state index contributed by atoms with van der Waals surface area (Å²) in [7, 11) is 3.14. The van der Waals surface area contributed by atoms with Crippen molar-refractivity contribution < 1.29 is 14.3 Å². The number of pyridine rings is 1. The number of H-pyrrole nitrogens is 1. The fraction of sp³-hybridized carbons (Fsp3) is 0.158. The van der Waals surface area contributed by atoms with Crippen LogP contribution in [0.3, 0.4) is 0 Å². The average molecular weight is 338 g/mol. The molecule has 1 amide bonds. The molecule has 1 heterocycles. The number of amides is 1. The maximum Gasteiger partial charge on any atom is 0.253 e. The fourth-order valence-electron chi connectivity index (χ4n) is 2.50. The number of aromatic amines is 1. The van der Waals surface area contributed by atoms with Crippen molar-refractivity contribution in [2.24, 2.45) is 0 Å². The molecular formula is C19H18N2O4. The van der Waals surface area contributed by atoms with E-state index in [1.165, 1.54) is 0 Å². The van der Waals surface area contributed by atoms with E-state index in [9.17, 15) is 9.59 Å². The average Bonchev–Trinajstić information content (AvgIpc) is 2.65. The molecule has 0 aliphatic rings. The first-order valence-electron chi connectivity index (χ1n) is 7.73. The van der Waals surface area contributed by atoms with Gasteiger partial charge in [-0.25, -0.2) is 0 Å². The van der Waals surface area contributed by atoms with Gasteiger partial charge in [0.25, 0.3) is 11.5 Å². The molecule has 2 N–H and O–H groups in total. The second kappa shape index (κ2) is 7.09. The molecule has 0 saturated carbocycles. The van der Waals surface area contributed by atoms with Gasteiger partial charge in [-0.15, -0.1) is 0 Å². The molecular weight excluding hydrogens is 320 g/mol. The molecule has 0 aliphatic carbocycles. The summed E-state index contributed by atoms with van der Waals surface area (Å²) in [5, 5.41) is 3.63. The lowest BCUT2D eigenvalue weighted by Gasteiger charge is -2.08. The van der Waals surface area contributed by atoms with Gasteiger partial charge in [0.05, 0.1) is 19.7 Å². The number of methoxy groups -OCH3 is 2. The molecule has 0 fully saturated rings. The monoisotopic (exact) mass is 338 g/mol. The molecule has 0 aliphatic heterocycles. The second-order valence-electron chi connectivity index (χ2n) is 5.49. The summed E-state index contributed by atoms with van der Waals surface area (Å²) < 4.78 is 10.2. The van der Waals surface area contributed by atoms with E-state index < -0.39 is 0 Å². The van der Waals surface area contributed by atoms with Crippen LogP contribution in [0, 0.1) is 0 Å². The number of nitrogens with one attached hydrogen (secondary N) is 2. The third kappa shape index (κ3) is 3.63. The predicted molar refractivity (Wildman–Crippen MR) is 95.3 cm³/mol. The van der Waals surface area contributed by atoms with E-state index in [-0.39, 0.29) is 18.0 Å². The molecule has 3 aromatic rings. The zero-order valence-corrected chi connectivity index (χ0v) is 14.0. The van der Waals surface area contributed by atoms with Crippen LogP contribution in [-0.4, -0.2) is 25.1 Å². The molecule has 0 unspecified atom stereocenters. The van der Waals surface area contributed by atoms with Gasteiger partial charge in [-0.1, -0.05) is 0 Å². The molecule has 0 saturated heterocycles. The maximum atomic E-state index is 12.2.